The van der Waals surface area contributed by atoms with E-state index in [1.54, 1.807) is 16.3 Å². The molecule has 0 bridgehead atoms. The van der Waals surface area contributed by atoms with E-state index in [2.05, 4.69) is 5.16 Å². The van der Waals surface area contributed by atoms with E-state index < -0.39 is 0 Å². The molecule has 0 spiro atoms. The molecule has 92 valence electrons. The largest absolute Gasteiger partial charge is 0.409 e. The van der Waals surface area contributed by atoms with Crippen LogP contribution in [0.25, 0.3) is 0 Å². The first kappa shape index (κ1) is 12.2. The molecule has 1 atom stereocenters. The Morgan fingerprint density at radius 1 is 1.71 bits per heavy atom. The number of amides is 1. The highest BCUT2D eigenvalue weighted by Crippen LogP contribution is 2.27. The Labute approximate surface area is 107 Å². The SMILES string of the molecule is N/C(=N/O)C1CCCN1C(=O)c1sccc1Cl. The molecule has 0 saturated carbocycles. The van der Waals surface area contributed by atoms with Crippen molar-refractivity contribution in [2.24, 2.45) is 10.9 Å². The van der Waals surface area contributed by atoms with Crippen molar-refractivity contribution in [2.75, 3.05) is 6.54 Å². The second-order valence-corrected chi connectivity index (χ2v) is 5.10. The highest BCUT2D eigenvalue weighted by molar-refractivity contribution is 7.12. The molecule has 1 aromatic heterocycles. The van der Waals surface area contributed by atoms with Crippen molar-refractivity contribution in [2.45, 2.75) is 18.9 Å². The summed E-state index contributed by atoms with van der Waals surface area (Å²) in [5.74, 6) is -0.0809. The zero-order chi connectivity index (χ0) is 12.4. The number of carbonyl (C=O) groups excluding carboxylic acids is 1. The maximum absolute atomic E-state index is 12.2. The second kappa shape index (κ2) is 4.93. The van der Waals surface area contributed by atoms with E-state index in [9.17, 15) is 4.79 Å². The van der Waals surface area contributed by atoms with Crippen molar-refractivity contribution >= 4 is 34.7 Å². The standard InChI is InChI=1S/C10H12ClN3O2S/c11-6-3-5-17-8(6)10(15)14-4-1-2-7(14)9(12)13-16/h3,5,7,16H,1-2,4H2,(H2,12,13). The first-order valence-electron chi connectivity index (χ1n) is 5.16. The molecule has 1 unspecified atom stereocenters. The van der Waals surface area contributed by atoms with Crippen LogP contribution in [0.5, 0.6) is 0 Å². The molecule has 1 amide bonds. The summed E-state index contributed by atoms with van der Waals surface area (Å²) >= 11 is 7.23. The molecule has 1 fully saturated rings. The van der Waals surface area contributed by atoms with Gasteiger partial charge in [-0.3, -0.25) is 4.79 Å². The molecule has 1 aliphatic rings. The molecule has 0 radical (unpaired) electrons. The lowest BCUT2D eigenvalue weighted by molar-refractivity contribution is 0.0773. The van der Waals surface area contributed by atoms with E-state index in [4.69, 9.17) is 22.5 Å². The van der Waals surface area contributed by atoms with Gasteiger partial charge < -0.3 is 15.8 Å². The number of nitrogens with zero attached hydrogens (tertiary/aromatic N) is 2. The molecular formula is C10H12ClN3O2S. The van der Waals surface area contributed by atoms with Crippen LogP contribution in [-0.4, -0.2) is 34.4 Å². The Morgan fingerprint density at radius 3 is 3.06 bits per heavy atom. The molecular weight excluding hydrogens is 262 g/mol. The Bertz CT molecular complexity index is 460. The summed E-state index contributed by atoms with van der Waals surface area (Å²) < 4.78 is 0. The number of halogens is 1. The summed E-state index contributed by atoms with van der Waals surface area (Å²) in [6.07, 6.45) is 1.56. The molecule has 1 aliphatic heterocycles. The van der Waals surface area contributed by atoms with Crippen LogP contribution in [0.15, 0.2) is 16.6 Å². The average molecular weight is 274 g/mol. The van der Waals surface area contributed by atoms with Gasteiger partial charge in [-0.05, 0) is 24.3 Å². The lowest BCUT2D eigenvalue weighted by Gasteiger charge is -2.23. The fraction of sp³-hybridized carbons (Fsp3) is 0.400. The summed E-state index contributed by atoms with van der Waals surface area (Å²) in [7, 11) is 0. The van der Waals surface area contributed by atoms with E-state index in [0.717, 1.165) is 6.42 Å². The number of thiophene rings is 1. The van der Waals surface area contributed by atoms with E-state index in [1.165, 1.54) is 11.3 Å². The number of oxime groups is 1. The number of hydrogen-bond donors (Lipinski definition) is 2. The quantitative estimate of drug-likeness (QED) is 0.373. The molecule has 7 heteroatoms. The van der Waals surface area contributed by atoms with Gasteiger partial charge in [0.15, 0.2) is 5.84 Å². The number of nitrogens with two attached hydrogens (primary N) is 1. The molecule has 2 rings (SSSR count). The van der Waals surface area contributed by atoms with Gasteiger partial charge in [-0.25, -0.2) is 0 Å². The predicted octanol–water partition coefficient (Wildman–Crippen LogP) is 1.75. The Kier molecular flexibility index (Phi) is 3.54. The topological polar surface area (TPSA) is 78.9 Å². The molecule has 5 nitrogen and oxygen atoms in total. The van der Waals surface area contributed by atoms with Gasteiger partial charge in [0.1, 0.15) is 4.88 Å². The minimum atomic E-state index is -0.328. The van der Waals surface area contributed by atoms with Crippen LogP contribution in [0.3, 0.4) is 0 Å². The van der Waals surface area contributed by atoms with Crippen molar-refractivity contribution in [1.82, 2.24) is 4.90 Å². The van der Waals surface area contributed by atoms with Crippen LogP contribution in [0, 0.1) is 0 Å². The fourth-order valence-electron chi connectivity index (χ4n) is 1.96. The van der Waals surface area contributed by atoms with Crippen LogP contribution in [0.4, 0.5) is 0 Å². The van der Waals surface area contributed by atoms with Gasteiger partial charge in [-0.15, -0.1) is 11.3 Å². The lowest BCUT2D eigenvalue weighted by Crippen LogP contribution is -2.43. The first-order chi connectivity index (χ1) is 8.15. The number of likely N-dealkylation sites (tertiary alicyclic amines) is 1. The summed E-state index contributed by atoms with van der Waals surface area (Å²) in [6, 6.07) is 1.36. The molecule has 0 aromatic carbocycles. The summed E-state index contributed by atoms with van der Waals surface area (Å²) in [5, 5.41) is 13.9. The third-order valence-corrected chi connectivity index (χ3v) is 4.11. The Balaban J connectivity index is 2.23. The van der Waals surface area contributed by atoms with Gasteiger partial charge in [0.2, 0.25) is 0 Å². The van der Waals surface area contributed by atoms with E-state index in [-0.39, 0.29) is 17.8 Å². The zero-order valence-electron chi connectivity index (χ0n) is 8.97. The Morgan fingerprint density at radius 2 is 2.47 bits per heavy atom. The van der Waals surface area contributed by atoms with Gasteiger partial charge in [0.05, 0.1) is 11.1 Å². The number of carbonyl (C=O) groups is 1. The molecule has 0 aliphatic carbocycles. The number of hydrogen-bond acceptors (Lipinski definition) is 4. The van der Waals surface area contributed by atoms with Crippen LogP contribution < -0.4 is 5.73 Å². The normalized spacial score (nSPS) is 20.9. The highest BCUT2D eigenvalue weighted by atomic mass is 35.5. The van der Waals surface area contributed by atoms with Crippen LogP contribution >= 0.6 is 22.9 Å². The van der Waals surface area contributed by atoms with Gasteiger partial charge in [0.25, 0.3) is 5.91 Å². The van der Waals surface area contributed by atoms with E-state index in [0.29, 0.717) is 22.9 Å². The van der Waals surface area contributed by atoms with Crippen LogP contribution in [-0.2, 0) is 0 Å². The minimum absolute atomic E-state index is 0.0727. The third kappa shape index (κ3) is 2.23. The van der Waals surface area contributed by atoms with Crippen molar-refractivity contribution in [3.8, 4) is 0 Å². The average Bonchev–Trinajstić information content (AvgIpc) is 2.95. The van der Waals surface area contributed by atoms with Crippen LogP contribution in [0.2, 0.25) is 5.02 Å². The van der Waals surface area contributed by atoms with Gasteiger partial charge in [-0.1, -0.05) is 16.8 Å². The van der Waals surface area contributed by atoms with E-state index >= 15 is 0 Å². The van der Waals surface area contributed by atoms with Crippen molar-refractivity contribution < 1.29 is 10.0 Å². The van der Waals surface area contributed by atoms with Gasteiger partial charge in [-0.2, -0.15) is 0 Å². The summed E-state index contributed by atoms with van der Waals surface area (Å²) in [6.45, 7) is 0.605. The van der Waals surface area contributed by atoms with Gasteiger partial charge >= 0.3 is 0 Å². The molecule has 2 heterocycles. The number of rotatable bonds is 2. The Hall–Kier alpha value is -1.27. The second-order valence-electron chi connectivity index (χ2n) is 3.78. The molecule has 1 saturated heterocycles. The molecule has 1 aromatic rings. The van der Waals surface area contributed by atoms with Crippen molar-refractivity contribution in [3.05, 3.63) is 21.3 Å². The maximum atomic E-state index is 12.2. The highest BCUT2D eigenvalue weighted by Gasteiger charge is 2.33. The minimum Gasteiger partial charge on any atom is -0.409 e. The third-order valence-electron chi connectivity index (χ3n) is 2.78. The smallest absolute Gasteiger partial charge is 0.266 e. The van der Waals surface area contributed by atoms with Crippen LogP contribution in [0.1, 0.15) is 22.5 Å². The molecule has 17 heavy (non-hydrogen) atoms. The summed E-state index contributed by atoms with van der Waals surface area (Å²) in [4.78, 5) is 14.3. The maximum Gasteiger partial charge on any atom is 0.266 e. The fourth-order valence-corrected chi connectivity index (χ4v) is 3.05. The van der Waals surface area contributed by atoms with Crippen molar-refractivity contribution in [1.29, 1.82) is 0 Å². The monoisotopic (exact) mass is 273 g/mol. The lowest BCUT2D eigenvalue weighted by atomic mass is 10.2. The zero-order valence-corrected chi connectivity index (χ0v) is 10.5. The van der Waals surface area contributed by atoms with Gasteiger partial charge in [0, 0.05) is 6.54 Å². The molecule has 3 N–H and O–H groups in total. The number of amidine groups is 1. The predicted molar refractivity (Wildman–Crippen MR) is 66.8 cm³/mol. The van der Waals surface area contributed by atoms with E-state index in [1.807, 2.05) is 0 Å². The van der Waals surface area contributed by atoms with Crippen molar-refractivity contribution in [3.63, 3.8) is 0 Å². The first-order valence-corrected chi connectivity index (χ1v) is 6.42. The summed E-state index contributed by atoms with van der Waals surface area (Å²) in [5.41, 5.74) is 5.57.